The number of hydrogen-bond acceptors (Lipinski definition) is 6. The molecular weight excluding hydrogens is 326 g/mol. The Morgan fingerprint density at radius 2 is 1.80 bits per heavy atom. The van der Waals surface area contributed by atoms with E-state index in [1.54, 1.807) is 36.4 Å². The molecule has 0 aliphatic carbocycles. The highest BCUT2D eigenvalue weighted by atomic mass is 16.4. The van der Waals surface area contributed by atoms with Crippen LogP contribution >= 0.6 is 0 Å². The summed E-state index contributed by atoms with van der Waals surface area (Å²) in [6, 6.07) is 10.4. The third kappa shape index (κ3) is 4.31. The minimum Gasteiger partial charge on any atom is -0.481 e. The standard InChI is InChI=1S/C17H15N3O5/c21-14(4-1-5-15(22)23)18-12-8-6-11(7-9-12)16-19-20-17(25-16)13-3-2-10-24-13/h2-3,6-10H,1,4-5H2,(H,18,21)(H,22,23). The van der Waals surface area contributed by atoms with Gasteiger partial charge in [0.15, 0.2) is 5.76 Å². The van der Waals surface area contributed by atoms with Crippen LogP contribution in [0.15, 0.2) is 51.5 Å². The molecule has 0 saturated carbocycles. The van der Waals surface area contributed by atoms with Gasteiger partial charge >= 0.3 is 5.97 Å². The van der Waals surface area contributed by atoms with Gasteiger partial charge in [-0.1, -0.05) is 0 Å². The Balaban J connectivity index is 1.60. The second-order valence-electron chi connectivity index (χ2n) is 5.26. The van der Waals surface area contributed by atoms with Crippen molar-refractivity contribution < 1.29 is 23.5 Å². The first-order chi connectivity index (χ1) is 12.1. The number of rotatable bonds is 7. The van der Waals surface area contributed by atoms with E-state index in [9.17, 15) is 9.59 Å². The maximum absolute atomic E-state index is 11.7. The molecule has 2 heterocycles. The van der Waals surface area contributed by atoms with Crippen LogP contribution in [0.2, 0.25) is 0 Å². The molecule has 0 radical (unpaired) electrons. The van der Waals surface area contributed by atoms with Crippen LogP contribution in [0.5, 0.6) is 0 Å². The molecule has 0 saturated heterocycles. The van der Waals surface area contributed by atoms with E-state index in [0.717, 1.165) is 0 Å². The maximum atomic E-state index is 11.7. The van der Waals surface area contributed by atoms with Crippen molar-refractivity contribution in [3.63, 3.8) is 0 Å². The molecule has 0 atom stereocenters. The zero-order valence-electron chi connectivity index (χ0n) is 13.1. The topological polar surface area (TPSA) is 118 Å². The van der Waals surface area contributed by atoms with E-state index in [-0.39, 0.29) is 24.6 Å². The number of carboxylic acid groups (broad SMARTS) is 1. The van der Waals surface area contributed by atoms with Crippen molar-refractivity contribution in [3.8, 4) is 23.1 Å². The molecule has 1 aromatic carbocycles. The van der Waals surface area contributed by atoms with Crippen LogP contribution < -0.4 is 5.32 Å². The fourth-order valence-electron chi connectivity index (χ4n) is 2.16. The lowest BCUT2D eigenvalue weighted by Gasteiger charge is -2.05. The van der Waals surface area contributed by atoms with Gasteiger partial charge in [-0.15, -0.1) is 10.2 Å². The molecule has 3 aromatic rings. The molecule has 2 N–H and O–H groups in total. The molecule has 8 nitrogen and oxygen atoms in total. The van der Waals surface area contributed by atoms with Gasteiger partial charge in [-0.25, -0.2) is 0 Å². The van der Waals surface area contributed by atoms with Crippen LogP contribution in [0.1, 0.15) is 19.3 Å². The lowest BCUT2D eigenvalue weighted by Crippen LogP contribution is -2.11. The summed E-state index contributed by atoms with van der Waals surface area (Å²) in [6.07, 6.45) is 1.95. The number of carbonyl (C=O) groups is 2. The minimum absolute atomic E-state index is 0.0263. The summed E-state index contributed by atoms with van der Waals surface area (Å²) >= 11 is 0. The Kier molecular flexibility index (Phi) is 4.89. The van der Waals surface area contributed by atoms with Gasteiger partial charge in [-0.2, -0.15) is 0 Å². The number of amides is 1. The van der Waals surface area contributed by atoms with Crippen molar-refractivity contribution in [1.29, 1.82) is 0 Å². The van der Waals surface area contributed by atoms with Crippen LogP contribution in [0, 0.1) is 0 Å². The van der Waals surface area contributed by atoms with Gasteiger partial charge in [0.1, 0.15) is 0 Å². The number of nitrogens with zero attached hydrogens (tertiary/aromatic N) is 2. The lowest BCUT2D eigenvalue weighted by molar-refractivity contribution is -0.137. The number of benzene rings is 1. The van der Waals surface area contributed by atoms with Gasteiger partial charge in [0.25, 0.3) is 5.89 Å². The molecule has 1 amide bonds. The van der Waals surface area contributed by atoms with E-state index in [0.29, 0.717) is 29.3 Å². The Hall–Kier alpha value is -3.42. The van der Waals surface area contributed by atoms with E-state index >= 15 is 0 Å². The van der Waals surface area contributed by atoms with Crippen molar-refractivity contribution >= 4 is 17.6 Å². The summed E-state index contributed by atoms with van der Waals surface area (Å²) in [6.45, 7) is 0. The molecule has 0 fully saturated rings. The lowest BCUT2D eigenvalue weighted by atomic mass is 10.2. The number of carbonyl (C=O) groups excluding carboxylic acids is 1. The monoisotopic (exact) mass is 341 g/mol. The number of carboxylic acids is 1. The Morgan fingerprint density at radius 3 is 2.48 bits per heavy atom. The summed E-state index contributed by atoms with van der Waals surface area (Å²) in [5, 5.41) is 19.2. The number of aromatic nitrogens is 2. The van der Waals surface area contributed by atoms with E-state index < -0.39 is 5.97 Å². The van der Waals surface area contributed by atoms with Gasteiger partial charge in [0.05, 0.1) is 6.26 Å². The highest BCUT2D eigenvalue weighted by Crippen LogP contribution is 2.25. The van der Waals surface area contributed by atoms with E-state index in [2.05, 4.69) is 15.5 Å². The first kappa shape index (κ1) is 16.4. The SMILES string of the molecule is O=C(O)CCCC(=O)Nc1ccc(-c2nnc(-c3ccco3)o2)cc1. The zero-order chi connectivity index (χ0) is 17.6. The number of hydrogen-bond donors (Lipinski definition) is 2. The second kappa shape index (κ2) is 7.43. The molecule has 2 aromatic heterocycles. The van der Waals surface area contributed by atoms with Gasteiger partial charge in [0.2, 0.25) is 11.8 Å². The van der Waals surface area contributed by atoms with E-state index in [1.807, 2.05) is 0 Å². The molecule has 25 heavy (non-hydrogen) atoms. The molecule has 0 aliphatic rings. The van der Waals surface area contributed by atoms with Crippen LogP contribution in [0.3, 0.4) is 0 Å². The predicted octanol–water partition coefficient (Wildman–Crippen LogP) is 3.19. The Bertz CT molecular complexity index is 853. The van der Waals surface area contributed by atoms with Gasteiger partial charge in [0, 0.05) is 24.1 Å². The average Bonchev–Trinajstić information content (AvgIpc) is 3.26. The minimum atomic E-state index is -0.911. The van der Waals surface area contributed by atoms with Gasteiger partial charge in [-0.3, -0.25) is 9.59 Å². The van der Waals surface area contributed by atoms with Gasteiger partial charge in [-0.05, 0) is 42.8 Å². The molecule has 3 rings (SSSR count). The Morgan fingerprint density at radius 1 is 1.04 bits per heavy atom. The number of anilines is 1. The van der Waals surface area contributed by atoms with Crippen molar-refractivity contribution in [3.05, 3.63) is 42.7 Å². The zero-order valence-corrected chi connectivity index (χ0v) is 13.1. The maximum Gasteiger partial charge on any atom is 0.303 e. The predicted molar refractivity (Wildman–Crippen MR) is 87.6 cm³/mol. The number of aliphatic carboxylic acids is 1. The molecule has 0 bridgehead atoms. The van der Waals surface area contributed by atoms with Crippen LogP contribution in [-0.2, 0) is 9.59 Å². The van der Waals surface area contributed by atoms with Crippen molar-refractivity contribution in [1.82, 2.24) is 10.2 Å². The first-order valence-electron chi connectivity index (χ1n) is 7.61. The van der Waals surface area contributed by atoms with Crippen LogP contribution in [-0.4, -0.2) is 27.2 Å². The summed E-state index contributed by atoms with van der Waals surface area (Å²) < 4.78 is 10.7. The van der Waals surface area contributed by atoms with Crippen molar-refractivity contribution in [2.75, 3.05) is 5.32 Å². The van der Waals surface area contributed by atoms with E-state index in [1.165, 1.54) is 6.26 Å². The molecule has 0 spiro atoms. The molecule has 0 aliphatic heterocycles. The molecule has 8 heteroatoms. The fourth-order valence-corrected chi connectivity index (χ4v) is 2.16. The first-order valence-corrected chi connectivity index (χ1v) is 7.61. The molecule has 0 unspecified atom stereocenters. The van der Waals surface area contributed by atoms with Crippen LogP contribution in [0.4, 0.5) is 5.69 Å². The highest BCUT2D eigenvalue weighted by molar-refractivity contribution is 5.91. The molecule has 128 valence electrons. The van der Waals surface area contributed by atoms with Crippen molar-refractivity contribution in [2.45, 2.75) is 19.3 Å². The third-order valence-corrected chi connectivity index (χ3v) is 3.37. The highest BCUT2D eigenvalue weighted by Gasteiger charge is 2.12. The summed E-state index contributed by atoms with van der Waals surface area (Å²) in [7, 11) is 0. The number of nitrogens with one attached hydrogen (secondary N) is 1. The normalized spacial score (nSPS) is 10.6. The van der Waals surface area contributed by atoms with Crippen LogP contribution in [0.25, 0.3) is 23.1 Å². The van der Waals surface area contributed by atoms with Crippen molar-refractivity contribution in [2.24, 2.45) is 0 Å². The third-order valence-electron chi connectivity index (χ3n) is 3.37. The van der Waals surface area contributed by atoms with Gasteiger partial charge < -0.3 is 19.3 Å². The summed E-state index contributed by atoms with van der Waals surface area (Å²) in [5.41, 5.74) is 1.31. The Labute approximate surface area is 142 Å². The smallest absolute Gasteiger partial charge is 0.303 e. The average molecular weight is 341 g/mol. The fraction of sp³-hybridized carbons (Fsp3) is 0.176. The quantitative estimate of drug-likeness (QED) is 0.677. The second-order valence-corrected chi connectivity index (χ2v) is 5.26. The molecular formula is C17H15N3O5. The number of furan rings is 1. The largest absolute Gasteiger partial charge is 0.481 e. The van der Waals surface area contributed by atoms with E-state index in [4.69, 9.17) is 13.9 Å². The summed E-state index contributed by atoms with van der Waals surface area (Å²) in [5.74, 6) is -0.0249. The summed E-state index contributed by atoms with van der Waals surface area (Å²) in [4.78, 5) is 22.2.